The Bertz CT molecular complexity index is 632. The van der Waals surface area contributed by atoms with Gasteiger partial charge in [0.2, 0.25) is 0 Å². The highest BCUT2D eigenvalue weighted by molar-refractivity contribution is 6.20. The van der Waals surface area contributed by atoms with Crippen LogP contribution in [0.5, 0.6) is 0 Å². The van der Waals surface area contributed by atoms with Crippen LogP contribution in [0.2, 0.25) is 0 Å². The Morgan fingerprint density at radius 2 is 2.05 bits per heavy atom. The van der Waals surface area contributed by atoms with E-state index in [0.717, 1.165) is 24.4 Å². The first-order valence-corrected chi connectivity index (χ1v) is 7.58. The minimum absolute atomic E-state index is 0.0616. The molecule has 0 amide bonds. The van der Waals surface area contributed by atoms with Crippen LogP contribution in [-0.2, 0) is 6.54 Å². The van der Waals surface area contributed by atoms with Gasteiger partial charge in [0, 0.05) is 19.2 Å². The summed E-state index contributed by atoms with van der Waals surface area (Å²) in [7, 11) is 4.13. The van der Waals surface area contributed by atoms with Crippen LogP contribution in [-0.4, -0.2) is 35.1 Å². The molecule has 0 spiro atoms. The molecule has 0 aliphatic heterocycles. The van der Waals surface area contributed by atoms with Crippen LogP contribution in [0.3, 0.4) is 0 Å². The van der Waals surface area contributed by atoms with E-state index < -0.39 is 0 Å². The summed E-state index contributed by atoms with van der Waals surface area (Å²) in [6.07, 6.45) is 0. The molecular formula is C16H23ClFN3. The lowest BCUT2D eigenvalue weighted by molar-refractivity contribution is 0.211. The first-order valence-electron chi connectivity index (χ1n) is 7.14. The maximum absolute atomic E-state index is 13.4. The molecule has 1 heterocycles. The molecule has 116 valence electrons. The summed E-state index contributed by atoms with van der Waals surface area (Å²) in [5, 5.41) is -0.212. The fraction of sp³-hybridized carbons (Fsp3) is 0.562. The maximum atomic E-state index is 13.4. The largest absolute Gasteiger partial charge is 0.326 e. The monoisotopic (exact) mass is 311 g/mol. The van der Waals surface area contributed by atoms with Gasteiger partial charge in [0.25, 0.3) is 0 Å². The Hall–Kier alpha value is -1.13. The molecule has 1 unspecified atom stereocenters. The van der Waals surface area contributed by atoms with Gasteiger partial charge in [0.15, 0.2) is 0 Å². The standard InChI is InChI=1S/C16H23ClFN3/c1-11(17)15-19-13-8-12(18)6-7-14(13)21(15)10-16(2,3)9-20(4)5/h6-8,11H,9-10H2,1-5H3. The number of aromatic nitrogens is 2. The van der Waals surface area contributed by atoms with Crippen molar-refractivity contribution in [2.24, 2.45) is 5.41 Å². The van der Waals surface area contributed by atoms with Crippen LogP contribution in [0.4, 0.5) is 4.39 Å². The third-order valence-corrected chi connectivity index (χ3v) is 3.62. The minimum Gasteiger partial charge on any atom is -0.326 e. The molecule has 1 aromatic carbocycles. The summed E-state index contributed by atoms with van der Waals surface area (Å²) in [5.74, 6) is 0.526. The third kappa shape index (κ3) is 3.74. The van der Waals surface area contributed by atoms with Crippen molar-refractivity contribution in [1.82, 2.24) is 14.5 Å². The molecule has 2 aromatic rings. The van der Waals surface area contributed by atoms with E-state index in [9.17, 15) is 4.39 Å². The molecule has 1 atom stereocenters. The van der Waals surface area contributed by atoms with Crippen molar-refractivity contribution in [3.8, 4) is 0 Å². The highest BCUT2D eigenvalue weighted by Crippen LogP contribution is 2.29. The van der Waals surface area contributed by atoms with Gasteiger partial charge < -0.3 is 9.47 Å². The zero-order chi connectivity index (χ0) is 15.8. The van der Waals surface area contributed by atoms with Gasteiger partial charge in [-0.3, -0.25) is 0 Å². The van der Waals surface area contributed by atoms with Crippen LogP contribution in [0.15, 0.2) is 18.2 Å². The average Bonchev–Trinajstić information content (AvgIpc) is 2.64. The van der Waals surface area contributed by atoms with E-state index in [1.54, 1.807) is 6.07 Å². The van der Waals surface area contributed by atoms with E-state index in [1.165, 1.54) is 12.1 Å². The topological polar surface area (TPSA) is 21.1 Å². The van der Waals surface area contributed by atoms with Crippen LogP contribution in [0.1, 0.15) is 32.0 Å². The molecular weight excluding hydrogens is 289 g/mol. The number of rotatable bonds is 5. The predicted molar refractivity (Wildman–Crippen MR) is 86.3 cm³/mol. The van der Waals surface area contributed by atoms with E-state index in [-0.39, 0.29) is 16.6 Å². The summed E-state index contributed by atoms with van der Waals surface area (Å²) in [6, 6.07) is 4.72. The molecule has 0 radical (unpaired) electrons. The van der Waals surface area contributed by atoms with E-state index in [1.807, 2.05) is 6.92 Å². The maximum Gasteiger partial charge on any atom is 0.127 e. The molecule has 0 fully saturated rings. The fourth-order valence-corrected chi connectivity index (χ4v) is 3.09. The summed E-state index contributed by atoms with van der Waals surface area (Å²) in [6.45, 7) is 8.06. The first-order chi connectivity index (χ1) is 9.69. The third-order valence-electron chi connectivity index (χ3n) is 3.43. The van der Waals surface area contributed by atoms with E-state index >= 15 is 0 Å². The number of halogens is 2. The second-order valence-electron chi connectivity index (χ2n) is 6.71. The summed E-state index contributed by atoms with van der Waals surface area (Å²) in [5.41, 5.74) is 1.66. The summed E-state index contributed by atoms with van der Waals surface area (Å²) >= 11 is 6.27. The number of hydrogen-bond acceptors (Lipinski definition) is 2. The van der Waals surface area contributed by atoms with Crippen molar-refractivity contribution >= 4 is 22.6 Å². The zero-order valence-corrected chi connectivity index (χ0v) is 14.1. The van der Waals surface area contributed by atoms with E-state index in [2.05, 4.69) is 42.4 Å². The smallest absolute Gasteiger partial charge is 0.127 e. The van der Waals surface area contributed by atoms with Crippen LogP contribution in [0.25, 0.3) is 11.0 Å². The minimum atomic E-state index is -0.270. The number of hydrogen-bond donors (Lipinski definition) is 0. The van der Waals surface area contributed by atoms with Crippen molar-refractivity contribution in [2.45, 2.75) is 32.7 Å². The van der Waals surface area contributed by atoms with Crippen LogP contribution < -0.4 is 0 Å². The van der Waals surface area contributed by atoms with Gasteiger partial charge in [-0.25, -0.2) is 9.37 Å². The van der Waals surface area contributed by atoms with E-state index in [4.69, 9.17) is 11.6 Å². The number of nitrogens with zero attached hydrogens (tertiary/aromatic N) is 3. The molecule has 2 rings (SSSR count). The Balaban J connectivity index is 2.48. The van der Waals surface area contributed by atoms with Gasteiger partial charge in [-0.2, -0.15) is 0 Å². The Morgan fingerprint density at radius 1 is 1.38 bits per heavy atom. The molecule has 1 aromatic heterocycles. The number of fused-ring (bicyclic) bond motifs is 1. The molecule has 3 nitrogen and oxygen atoms in total. The van der Waals surface area contributed by atoms with Gasteiger partial charge in [-0.05, 0) is 38.6 Å². The van der Waals surface area contributed by atoms with Gasteiger partial charge >= 0.3 is 0 Å². The molecule has 0 aliphatic rings. The lowest BCUT2D eigenvalue weighted by Crippen LogP contribution is -2.32. The number of imidazole rings is 1. The highest BCUT2D eigenvalue weighted by Gasteiger charge is 2.24. The van der Waals surface area contributed by atoms with Crippen molar-refractivity contribution in [2.75, 3.05) is 20.6 Å². The zero-order valence-electron chi connectivity index (χ0n) is 13.3. The molecule has 5 heteroatoms. The lowest BCUT2D eigenvalue weighted by atomic mass is 9.92. The SMILES string of the molecule is CC(Cl)c1nc2cc(F)ccc2n1CC(C)(C)CN(C)C. The normalized spacial score (nSPS) is 14.1. The van der Waals surface area contributed by atoms with Crippen molar-refractivity contribution in [1.29, 1.82) is 0 Å². The van der Waals surface area contributed by atoms with Gasteiger partial charge in [0.05, 0.1) is 16.4 Å². The van der Waals surface area contributed by atoms with Gasteiger partial charge in [-0.15, -0.1) is 11.6 Å². The average molecular weight is 312 g/mol. The molecule has 21 heavy (non-hydrogen) atoms. The summed E-state index contributed by atoms with van der Waals surface area (Å²) < 4.78 is 15.5. The Labute approximate surface area is 130 Å². The molecule has 0 N–H and O–H groups in total. The van der Waals surface area contributed by atoms with Crippen molar-refractivity contribution < 1.29 is 4.39 Å². The fourth-order valence-electron chi connectivity index (χ4n) is 2.93. The van der Waals surface area contributed by atoms with Crippen molar-refractivity contribution in [3.05, 3.63) is 29.8 Å². The molecule has 0 saturated carbocycles. The quantitative estimate of drug-likeness (QED) is 0.776. The Kier molecular flexibility index (Phi) is 4.59. The summed E-state index contributed by atoms with van der Waals surface area (Å²) in [4.78, 5) is 6.68. The van der Waals surface area contributed by atoms with Crippen LogP contribution in [0, 0.1) is 11.2 Å². The molecule has 0 bridgehead atoms. The molecule has 0 aliphatic carbocycles. The van der Waals surface area contributed by atoms with E-state index in [0.29, 0.717) is 5.52 Å². The second kappa shape index (κ2) is 5.93. The second-order valence-corrected chi connectivity index (χ2v) is 7.36. The lowest BCUT2D eigenvalue weighted by Gasteiger charge is -2.29. The number of benzene rings is 1. The van der Waals surface area contributed by atoms with Gasteiger partial charge in [0.1, 0.15) is 11.6 Å². The Morgan fingerprint density at radius 3 is 2.62 bits per heavy atom. The number of alkyl halides is 1. The van der Waals surface area contributed by atoms with Crippen molar-refractivity contribution in [3.63, 3.8) is 0 Å². The predicted octanol–water partition coefficient (Wildman–Crippen LogP) is 4.06. The highest BCUT2D eigenvalue weighted by atomic mass is 35.5. The molecule has 0 saturated heterocycles. The first kappa shape index (κ1) is 16.2. The van der Waals surface area contributed by atoms with Gasteiger partial charge in [-0.1, -0.05) is 13.8 Å². The van der Waals surface area contributed by atoms with Crippen LogP contribution >= 0.6 is 11.6 Å².